The first kappa shape index (κ1) is 18.9. The summed E-state index contributed by atoms with van der Waals surface area (Å²) >= 11 is 6.49. The maximum absolute atomic E-state index is 12.7. The van der Waals surface area contributed by atoms with Crippen LogP contribution >= 0.6 is 11.6 Å². The minimum Gasteiger partial charge on any atom is -0.361 e. The Morgan fingerprint density at radius 2 is 2.03 bits per heavy atom. The largest absolute Gasteiger partial charge is 0.361 e. The number of hydrogen-bond acceptors (Lipinski definition) is 3. The Morgan fingerprint density at radius 1 is 1.13 bits per heavy atom. The second-order valence-corrected chi connectivity index (χ2v) is 8.09. The standard InChI is InChI=1S/C23H22ClN5O/c24-19-10-9-16(13-18(19)23-28-27-21-8-2-1-5-11-29(21)23)26-22(30)12-15-14-25-20-7-4-3-6-17(15)20/h3-4,6-7,9-10,13-14,25H,1-2,5,8,11-12H2,(H,26,30). The summed E-state index contributed by atoms with van der Waals surface area (Å²) in [5.41, 5.74) is 3.49. The van der Waals surface area contributed by atoms with Crippen LogP contribution in [0.5, 0.6) is 0 Å². The zero-order chi connectivity index (χ0) is 20.5. The highest BCUT2D eigenvalue weighted by Gasteiger charge is 2.19. The highest BCUT2D eigenvalue weighted by molar-refractivity contribution is 6.33. The zero-order valence-corrected chi connectivity index (χ0v) is 17.2. The molecule has 7 heteroatoms. The number of aromatic amines is 1. The number of para-hydroxylation sites is 1. The number of carbonyl (C=O) groups excluding carboxylic acids is 1. The summed E-state index contributed by atoms with van der Waals surface area (Å²) in [7, 11) is 0. The van der Waals surface area contributed by atoms with Crippen LogP contribution in [-0.2, 0) is 24.2 Å². The Balaban J connectivity index is 1.39. The fraction of sp³-hybridized carbons (Fsp3) is 0.261. The Bertz CT molecular complexity index is 1230. The molecule has 152 valence electrons. The minimum atomic E-state index is -0.0758. The molecule has 0 saturated carbocycles. The lowest BCUT2D eigenvalue weighted by molar-refractivity contribution is -0.115. The molecule has 1 amide bonds. The smallest absolute Gasteiger partial charge is 0.228 e. The predicted molar refractivity (Wildman–Crippen MR) is 119 cm³/mol. The van der Waals surface area contributed by atoms with Crippen molar-refractivity contribution in [2.75, 3.05) is 5.32 Å². The number of nitrogens with zero attached hydrogens (tertiary/aromatic N) is 3. The first-order valence-corrected chi connectivity index (χ1v) is 10.6. The van der Waals surface area contributed by atoms with E-state index in [2.05, 4.69) is 25.1 Å². The third kappa shape index (κ3) is 3.59. The van der Waals surface area contributed by atoms with Gasteiger partial charge in [-0.25, -0.2) is 0 Å². The molecule has 2 N–H and O–H groups in total. The number of aromatic nitrogens is 4. The molecule has 1 aliphatic heterocycles. The number of anilines is 1. The van der Waals surface area contributed by atoms with Gasteiger partial charge < -0.3 is 14.9 Å². The number of fused-ring (bicyclic) bond motifs is 2. The molecule has 0 spiro atoms. The molecule has 0 fully saturated rings. The Hall–Kier alpha value is -3.12. The van der Waals surface area contributed by atoms with Gasteiger partial charge in [-0.2, -0.15) is 0 Å². The van der Waals surface area contributed by atoms with Crippen LogP contribution in [0.2, 0.25) is 5.02 Å². The van der Waals surface area contributed by atoms with E-state index in [1.165, 1.54) is 6.42 Å². The molecule has 1 aliphatic rings. The molecular weight excluding hydrogens is 398 g/mol. The number of nitrogens with one attached hydrogen (secondary N) is 2. The topological polar surface area (TPSA) is 75.6 Å². The van der Waals surface area contributed by atoms with Crippen LogP contribution in [0.25, 0.3) is 22.3 Å². The molecule has 0 bridgehead atoms. The van der Waals surface area contributed by atoms with Gasteiger partial charge >= 0.3 is 0 Å². The summed E-state index contributed by atoms with van der Waals surface area (Å²) in [6.45, 7) is 0.894. The van der Waals surface area contributed by atoms with Crippen LogP contribution in [-0.4, -0.2) is 25.7 Å². The van der Waals surface area contributed by atoms with E-state index in [-0.39, 0.29) is 5.91 Å². The lowest BCUT2D eigenvalue weighted by Gasteiger charge is -2.11. The third-order valence-corrected chi connectivity index (χ3v) is 5.96. The molecular formula is C23H22ClN5O. The van der Waals surface area contributed by atoms with Crippen molar-refractivity contribution in [3.63, 3.8) is 0 Å². The van der Waals surface area contributed by atoms with Crippen LogP contribution in [0.15, 0.2) is 48.7 Å². The van der Waals surface area contributed by atoms with Crippen molar-refractivity contribution in [3.05, 3.63) is 65.1 Å². The van der Waals surface area contributed by atoms with Crippen molar-refractivity contribution >= 4 is 34.1 Å². The SMILES string of the molecule is O=C(Cc1c[nH]c2ccccc12)Nc1ccc(Cl)c(-c2nnc3n2CCCCC3)c1. The Morgan fingerprint density at radius 3 is 2.97 bits per heavy atom. The molecule has 5 rings (SSSR count). The molecule has 3 heterocycles. The second-order valence-electron chi connectivity index (χ2n) is 7.68. The Labute approximate surface area is 179 Å². The van der Waals surface area contributed by atoms with Crippen LogP contribution in [0, 0.1) is 0 Å². The highest BCUT2D eigenvalue weighted by atomic mass is 35.5. The average Bonchev–Trinajstić information content (AvgIpc) is 3.26. The molecule has 0 unspecified atom stereocenters. The summed E-state index contributed by atoms with van der Waals surface area (Å²) in [5, 5.41) is 13.4. The number of carbonyl (C=O) groups is 1. The molecule has 2 aromatic carbocycles. The lowest BCUT2D eigenvalue weighted by atomic mass is 10.1. The molecule has 2 aromatic heterocycles. The van der Waals surface area contributed by atoms with E-state index in [1.54, 1.807) is 6.07 Å². The van der Waals surface area contributed by atoms with Gasteiger partial charge in [0.1, 0.15) is 5.82 Å². The summed E-state index contributed by atoms with van der Waals surface area (Å²) in [5.74, 6) is 1.70. The summed E-state index contributed by atoms with van der Waals surface area (Å²) in [6.07, 6.45) is 6.56. The average molecular weight is 420 g/mol. The van der Waals surface area contributed by atoms with E-state index in [4.69, 9.17) is 11.6 Å². The summed E-state index contributed by atoms with van der Waals surface area (Å²) in [6, 6.07) is 13.5. The van der Waals surface area contributed by atoms with Crippen LogP contribution in [0.3, 0.4) is 0 Å². The van der Waals surface area contributed by atoms with Crippen LogP contribution in [0.1, 0.15) is 30.7 Å². The lowest BCUT2D eigenvalue weighted by Crippen LogP contribution is -2.14. The molecule has 6 nitrogen and oxygen atoms in total. The van der Waals surface area contributed by atoms with Crippen LogP contribution in [0.4, 0.5) is 5.69 Å². The molecule has 4 aromatic rings. The quantitative estimate of drug-likeness (QED) is 0.489. The van der Waals surface area contributed by atoms with E-state index in [1.807, 2.05) is 42.6 Å². The Kier molecular flexibility index (Phi) is 5.01. The fourth-order valence-electron chi connectivity index (χ4n) is 4.11. The molecule has 0 atom stereocenters. The predicted octanol–water partition coefficient (Wildman–Crippen LogP) is 4.99. The van der Waals surface area contributed by atoms with E-state index >= 15 is 0 Å². The van der Waals surface area contributed by atoms with Gasteiger partial charge in [-0.3, -0.25) is 4.79 Å². The number of rotatable bonds is 4. The van der Waals surface area contributed by atoms with E-state index in [0.29, 0.717) is 17.1 Å². The summed E-state index contributed by atoms with van der Waals surface area (Å²) in [4.78, 5) is 15.9. The van der Waals surface area contributed by atoms with Crippen molar-refractivity contribution in [3.8, 4) is 11.4 Å². The third-order valence-electron chi connectivity index (χ3n) is 5.63. The molecule has 0 radical (unpaired) electrons. The second kappa shape index (κ2) is 7.95. The first-order valence-electron chi connectivity index (χ1n) is 10.3. The number of benzene rings is 2. The van der Waals surface area contributed by atoms with Gasteiger partial charge in [0.2, 0.25) is 5.91 Å². The first-order chi connectivity index (χ1) is 14.7. The monoisotopic (exact) mass is 419 g/mol. The van der Waals surface area contributed by atoms with E-state index in [9.17, 15) is 4.79 Å². The van der Waals surface area contributed by atoms with E-state index < -0.39 is 0 Å². The maximum Gasteiger partial charge on any atom is 0.228 e. The summed E-state index contributed by atoms with van der Waals surface area (Å²) < 4.78 is 2.16. The van der Waals surface area contributed by atoms with Gasteiger partial charge in [0.25, 0.3) is 0 Å². The number of aryl methyl sites for hydroxylation is 1. The van der Waals surface area contributed by atoms with Gasteiger partial charge in [0, 0.05) is 41.3 Å². The van der Waals surface area contributed by atoms with Crippen molar-refractivity contribution in [2.24, 2.45) is 0 Å². The van der Waals surface area contributed by atoms with E-state index in [0.717, 1.165) is 59.5 Å². The van der Waals surface area contributed by atoms with Gasteiger partial charge in [0.15, 0.2) is 5.82 Å². The number of H-pyrrole nitrogens is 1. The molecule has 0 saturated heterocycles. The molecule has 0 aliphatic carbocycles. The van der Waals surface area contributed by atoms with Gasteiger partial charge in [0.05, 0.1) is 11.4 Å². The number of amides is 1. The molecule has 30 heavy (non-hydrogen) atoms. The maximum atomic E-state index is 12.7. The fourth-order valence-corrected chi connectivity index (χ4v) is 4.32. The van der Waals surface area contributed by atoms with Gasteiger partial charge in [-0.05, 0) is 42.7 Å². The van der Waals surface area contributed by atoms with Crippen molar-refractivity contribution in [2.45, 2.75) is 38.6 Å². The minimum absolute atomic E-state index is 0.0758. The normalized spacial score (nSPS) is 13.8. The van der Waals surface area contributed by atoms with Crippen molar-refractivity contribution < 1.29 is 4.79 Å². The number of hydrogen-bond donors (Lipinski definition) is 2. The van der Waals surface area contributed by atoms with Crippen LogP contribution < -0.4 is 5.32 Å². The highest BCUT2D eigenvalue weighted by Crippen LogP contribution is 2.31. The van der Waals surface area contributed by atoms with Gasteiger partial charge in [-0.15, -0.1) is 10.2 Å². The number of halogens is 1. The van der Waals surface area contributed by atoms with Crippen molar-refractivity contribution in [1.82, 2.24) is 19.7 Å². The van der Waals surface area contributed by atoms with Crippen molar-refractivity contribution in [1.29, 1.82) is 0 Å². The van der Waals surface area contributed by atoms with Gasteiger partial charge in [-0.1, -0.05) is 36.2 Å². The zero-order valence-electron chi connectivity index (χ0n) is 16.5.